The third kappa shape index (κ3) is 1.02. The van der Waals surface area contributed by atoms with Crippen LogP contribution < -0.4 is 0 Å². The molecule has 0 N–H and O–H groups in total. The highest BCUT2D eigenvalue weighted by Gasteiger charge is 2.17. The Bertz CT molecular complexity index is 511. The van der Waals surface area contributed by atoms with Crippen molar-refractivity contribution in [1.82, 2.24) is 0 Å². The van der Waals surface area contributed by atoms with Gasteiger partial charge in [0, 0.05) is 15.1 Å². The van der Waals surface area contributed by atoms with E-state index in [0.29, 0.717) is 0 Å². The average molecular weight is 206 g/mol. The Labute approximate surface area is 85.5 Å². The van der Waals surface area contributed by atoms with Gasteiger partial charge in [-0.2, -0.15) is 0 Å². The predicted molar refractivity (Wildman–Crippen MR) is 61.8 cm³/mol. The molecule has 2 heterocycles. The molecular formula is C11H10S2. The minimum Gasteiger partial charge on any atom is -0.130 e. The van der Waals surface area contributed by atoms with Gasteiger partial charge >= 0.3 is 0 Å². The molecule has 0 amide bonds. The number of thiophene rings is 2. The first-order valence-corrected chi connectivity index (χ1v) is 6.06. The van der Waals surface area contributed by atoms with Gasteiger partial charge in [0.15, 0.2) is 0 Å². The molecule has 3 rings (SSSR count). The van der Waals surface area contributed by atoms with E-state index in [-0.39, 0.29) is 0 Å². The third-order valence-electron chi connectivity index (χ3n) is 2.48. The third-order valence-corrected chi connectivity index (χ3v) is 4.81. The highest BCUT2D eigenvalue weighted by molar-refractivity contribution is 7.38. The minimum atomic E-state index is 1.17. The van der Waals surface area contributed by atoms with E-state index in [1.54, 1.807) is 5.56 Å². The first-order valence-electron chi connectivity index (χ1n) is 4.43. The van der Waals surface area contributed by atoms with Crippen molar-refractivity contribution in [3.05, 3.63) is 27.0 Å². The van der Waals surface area contributed by atoms with Crippen molar-refractivity contribution >= 4 is 38.1 Å². The van der Waals surface area contributed by atoms with Crippen LogP contribution in [-0.2, 0) is 6.42 Å². The summed E-state index contributed by atoms with van der Waals surface area (Å²) in [5.41, 5.74) is 3.08. The lowest BCUT2D eigenvalue weighted by Crippen LogP contribution is -1.76. The van der Waals surface area contributed by atoms with Gasteiger partial charge in [-0.1, -0.05) is 5.57 Å². The largest absolute Gasteiger partial charge is 0.130 e. The van der Waals surface area contributed by atoms with Gasteiger partial charge in [0.25, 0.3) is 0 Å². The predicted octanol–water partition coefficient (Wildman–Crippen LogP) is 4.23. The Morgan fingerprint density at radius 2 is 2.08 bits per heavy atom. The molecule has 0 bridgehead atoms. The van der Waals surface area contributed by atoms with E-state index in [1.165, 1.54) is 31.1 Å². The Kier molecular flexibility index (Phi) is 1.47. The number of hydrogen-bond acceptors (Lipinski definition) is 2. The summed E-state index contributed by atoms with van der Waals surface area (Å²) in [6, 6.07) is 2.34. The second kappa shape index (κ2) is 2.46. The molecule has 0 aliphatic heterocycles. The van der Waals surface area contributed by atoms with Gasteiger partial charge in [0.05, 0.1) is 4.01 Å². The molecule has 13 heavy (non-hydrogen) atoms. The van der Waals surface area contributed by atoms with Crippen LogP contribution in [-0.4, -0.2) is 0 Å². The summed E-state index contributed by atoms with van der Waals surface area (Å²) in [5.74, 6) is 0. The summed E-state index contributed by atoms with van der Waals surface area (Å²) in [5, 5.41) is 1.51. The van der Waals surface area contributed by atoms with Gasteiger partial charge in [0.2, 0.25) is 0 Å². The number of aryl methyl sites for hydroxylation is 1. The molecule has 0 saturated carbocycles. The Hall–Kier alpha value is -0.600. The summed E-state index contributed by atoms with van der Waals surface area (Å²) < 4.78 is 1.51. The van der Waals surface area contributed by atoms with Gasteiger partial charge in [-0.3, -0.25) is 0 Å². The Morgan fingerprint density at radius 3 is 2.92 bits per heavy atom. The van der Waals surface area contributed by atoms with E-state index < -0.39 is 0 Å². The maximum Gasteiger partial charge on any atom is 0.0877 e. The normalized spacial score (nSPS) is 15.1. The molecule has 0 nitrogen and oxygen atoms in total. The number of allylic oxidation sites excluding steroid dienone is 1. The lowest BCUT2D eigenvalue weighted by atomic mass is 10.1. The second-order valence-corrected chi connectivity index (χ2v) is 6.24. The van der Waals surface area contributed by atoms with Gasteiger partial charge in [-0.15, -0.1) is 22.7 Å². The van der Waals surface area contributed by atoms with E-state index in [0.717, 1.165) is 0 Å². The molecule has 1 aliphatic rings. The van der Waals surface area contributed by atoms with E-state index in [4.69, 9.17) is 0 Å². The van der Waals surface area contributed by atoms with E-state index in [2.05, 4.69) is 26.0 Å². The van der Waals surface area contributed by atoms with Crippen LogP contribution in [0.2, 0.25) is 0 Å². The van der Waals surface area contributed by atoms with Gasteiger partial charge in [-0.25, -0.2) is 0 Å². The zero-order chi connectivity index (χ0) is 9.00. The van der Waals surface area contributed by atoms with Crippen molar-refractivity contribution in [2.24, 2.45) is 0 Å². The fraction of sp³-hybridized carbons (Fsp3) is 0.273. The van der Waals surface area contributed by atoms with Crippen LogP contribution in [0.3, 0.4) is 0 Å². The summed E-state index contributed by atoms with van der Waals surface area (Å²) in [6.07, 6.45) is 3.51. The van der Waals surface area contributed by atoms with Crippen LogP contribution in [0.5, 0.6) is 0 Å². The van der Waals surface area contributed by atoms with Crippen molar-refractivity contribution in [1.29, 1.82) is 0 Å². The summed E-state index contributed by atoms with van der Waals surface area (Å²) in [7, 11) is 0. The smallest absolute Gasteiger partial charge is 0.0877 e. The molecule has 2 aromatic rings. The number of hydrogen-bond donors (Lipinski definition) is 0. The maximum absolute atomic E-state index is 2.34. The van der Waals surface area contributed by atoms with Crippen LogP contribution in [0.4, 0.5) is 0 Å². The van der Waals surface area contributed by atoms with Crippen molar-refractivity contribution < 1.29 is 0 Å². The van der Waals surface area contributed by atoms with E-state index in [1.807, 2.05) is 22.7 Å². The molecule has 0 unspecified atom stereocenters. The molecule has 2 heteroatoms. The lowest BCUT2D eigenvalue weighted by molar-refractivity contribution is 1.22. The summed E-state index contributed by atoms with van der Waals surface area (Å²) >= 11 is 3.88. The van der Waals surface area contributed by atoms with Gasteiger partial charge in [-0.05, 0) is 38.0 Å². The molecule has 0 atom stereocenters. The van der Waals surface area contributed by atoms with Gasteiger partial charge < -0.3 is 0 Å². The molecule has 0 fully saturated rings. The summed E-state index contributed by atoms with van der Waals surface area (Å²) in [6.45, 7) is 4.41. The molecule has 66 valence electrons. The summed E-state index contributed by atoms with van der Waals surface area (Å²) in [4.78, 5) is 2.94. The highest BCUT2D eigenvalue weighted by Crippen LogP contribution is 2.42. The maximum atomic E-state index is 2.34. The first kappa shape index (κ1) is 7.77. The minimum absolute atomic E-state index is 1.17. The van der Waals surface area contributed by atoms with Crippen LogP contribution in [0.1, 0.15) is 22.2 Å². The monoisotopic (exact) mass is 206 g/mol. The topological polar surface area (TPSA) is 0 Å². The highest BCUT2D eigenvalue weighted by atomic mass is 32.2. The zero-order valence-corrected chi connectivity index (χ0v) is 9.31. The van der Waals surface area contributed by atoms with Crippen molar-refractivity contribution in [2.45, 2.75) is 20.3 Å². The molecule has 0 aromatic carbocycles. The molecule has 1 aliphatic carbocycles. The van der Waals surface area contributed by atoms with Crippen molar-refractivity contribution in [2.75, 3.05) is 0 Å². The molecule has 2 aromatic heterocycles. The Morgan fingerprint density at radius 1 is 1.23 bits per heavy atom. The first-order chi connectivity index (χ1) is 6.24. The standard InChI is InChI=1S/C11H10S2/c1-6-3-8-9-5-7(2)12-11(9)13-10(8)4-6/h4-5H,3H2,1-2H3. The van der Waals surface area contributed by atoms with Gasteiger partial charge in [0.1, 0.15) is 0 Å². The number of rotatable bonds is 0. The second-order valence-electron chi connectivity index (χ2n) is 3.67. The number of fused-ring (bicyclic) bond motifs is 3. The zero-order valence-electron chi connectivity index (χ0n) is 7.68. The fourth-order valence-corrected chi connectivity index (χ4v) is 4.57. The lowest BCUT2D eigenvalue weighted by Gasteiger charge is -1.89. The van der Waals surface area contributed by atoms with E-state index >= 15 is 0 Å². The SMILES string of the molecule is CC1=Cc2sc3sc(C)cc3c2C1. The molecule has 0 saturated heterocycles. The van der Waals surface area contributed by atoms with Crippen LogP contribution >= 0.6 is 22.7 Å². The fourth-order valence-electron chi connectivity index (χ4n) is 1.93. The van der Waals surface area contributed by atoms with Crippen LogP contribution in [0.15, 0.2) is 11.6 Å². The van der Waals surface area contributed by atoms with Crippen LogP contribution in [0.25, 0.3) is 15.5 Å². The average Bonchev–Trinajstić information content (AvgIpc) is 2.60. The Balaban J connectivity index is 2.35. The van der Waals surface area contributed by atoms with Crippen molar-refractivity contribution in [3.63, 3.8) is 0 Å². The quantitative estimate of drug-likeness (QED) is 0.605. The molecule has 0 radical (unpaired) electrons. The van der Waals surface area contributed by atoms with Crippen molar-refractivity contribution in [3.8, 4) is 0 Å². The van der Waals surface area contributed by atoms with E-state index in [9.17, 15) is 0 Å². The molecular weight excluding hydrogens is 196 g/mol. The van der Waals surface area contributed by atoms with Crippen LogP contribution in [0, 0.1) is 6.92 Å². The molecule has 0 spiro atoms.